The van der Waals surface area contributed by atoms with E-state index in [1.165, 1.54) is 12.0 Å². The van der Waals surface area contributed by atoms with Crippen molar-refractivity contribution in [3.8, 4) is 0 Å². The molecule has 4 bridgehead atoms. The van der Waals surface area contributed by atoms with Gasteiger partial charge in [0.1, 0.15) is 30.1 Å². The van der Waals surface area contributed by atoms with Crippen molar-refractivity contribution in [2.75, 3.05) is 34.1 Å². The Morgan fingerprint density at radius 3 is 2.29 bits per heavy atom. The zero-order chi connectivity index (χ0) is 47.7. The van der Waals surface area contributed by atoms with E-state index >= 15 is 0 Å². The van der Waals surface area contributed by atoms with Crippen LogP contribution in [0.5, 0.6) is 0 Å². The number of piperidine rings is 1. The molecule has 16 atom stereocenters. The normalized spacial score (nSPS) is 42.7. The van der Waals surface area contributed by atoms with Crippen molar-refractivity contribution in [1.82, 2.24) is 4.90 Å². The van der Waals surface area contributed by atoms with Gasteiger partial charge >= 0.3 is 5.97 Å². The van der Waals surface area contributed by atoms with E-state index in [-0.39, 0.29) is 48.4 Å². The first-order valence-electron chi connectivity index (χ1n) is 23.9. The van der Waals surface area contributed by atoms with Gasteiger partial charge in [-0.3, -0.25) is 19.2 Å². The number of fused-ring (bicyclic) bond motifs is 4. The van der Waals surface area contributed by atoms with Gasteiger partial charge in [-0.25, -0.2) is 4.79 Å². The number of carbonyl (C=O) groups is 5. The Bertz CT molecular complexity index is 1810. The Kier molecular flexibility index (Phi) is 19.4. The van der Waals surface area contributed by atoms with Crippen molar-refractivity contribution in [3.63, 3.8) is 0 Å². The van der Waals surface area contributed by atoms with E-state index in [0.29, 0.717) is 55.8 Å². The van der Waals surface area contributed by atoms with Crippen molar-refractivity contribution in [2.45, 2.75) is 166 Å². The first kappa shape index (κ1) is 53.0. The number of thioether (sulfide) groups is 1. The Morgan fingerprint density at radius 1 is 0.877 bits per heavy atom. The smallest absolute Gasteiger partial charge is 0.329 e. The average molecular weight is 928 g/mol. The van der Waals surface area contributed by atoms with Gasteiger partial charge in [0.25, 0.3) is 11.7 Å². The second kappa shape index (κ2) is 23.8. The summed E-state index contributed by atoms with van der Waals surface area (Å²) in [7, 11) is 4.72. The number of ketones is 3. The van der Waals surface area contributed by atoms with Gasteiger partial charge < -0.3 is 38.8 Å². The maximum Gasteiger partial charge on any atom is 0.329 e. The third-order valence-electron chi connectivity index (χ3n) is 15.2. The lowest BCUT2D eigenvalue weighted by Gasteiger charge is -2.50. The predicted molar refractivity (Wildman–Crippen MR) is 250 cm³/mol. The van der Waals surface area contributed by atoms with Crippen molar-refractivity contribution < 1.29 is 57.9 Å². The summed E-state index contributed by atoms with van der Waals surface area (Å²) in [5.74, 6) is -7.91. The van der Waals surface area contributed by atoms with Crippen LogP contribution in [0.2, 0.25) is 0 Å². The highest BCUT2D eigenvalue weighted by atomic mass is 32.2. The third kappa shape index (κ3) is 12.6. The fraction of sp³-hybridized carbons (Fsp3) is 0.745. The zero-order valence-corrected chi connectivity index (χ0v) is 41.3. The molecule has 4 aliphatic heterocycles. The number of amides is 1. The highest BCUT2D eigenvalue weighted by Gasteiger charge is 2.57. The minimum absolute atomic E-state index is 0.0330. The molecule has 5 aliphatic rings. The highest BCUT2D eigenvalue weighted by Crippen LogP contribution is 2.46. The van der Waals surface area contributed by atoms with Crippen LogP contribution in [0.4, 0.5) is 0 Å². The van der Waals surface area contributed by atoms with Gasteiger partial charge in [0.05, 0.1) is 18.3 Å². The number of hydrogen-bond acceptors (Lipinski definition) is 13. The number of Topliss-reactive ketones (excluding diaryl/α,β-unsaturated/α-hetero) is 3. The molecule has 3 saturated heterocycles. The molecule has 2 N–H and O–H groups in total. The first-order chi connectivity index (χ1) is 30.9. The summed E-state index contributed by atoms with van der Waals surface area (Å²) in [6.45, 7) is 11.0. The average Bonchev–Trinajstić information content (AvgIpc) is 3.29. The minimum atomic E-state index is -2.41. The Morgan fingerprint density at radius 2 is 1.62 bits per heavy atom. The number of esters is 1. The topological polar surface area (TPSA) is 175 Å². The molecule has 13 nitrogen and oxygen atoms in total. The molecular weight excluding hydrogens is 851 g/mol. The quantitative estimate of drug-likeness (QED) is 0.162. The molecule has 1 amide bonds. The fourth-order valence-electron chi connectivity index (χ4n) is 11.2. The van der Waals surface area contributed by atoms with E-state index in [1.807, 2.05) is 51.2 Å². The van der Waals surface area contributed by atoms with Crippen molar-refractivity contribution in [1.29, 1.82) is 0 Å². The van der Waals surface area contributed by atoms with Crippen molar-refractivity contribution >= 4 is 41.0 Å². The van der Waals surface area contributed by atoms with E-state index < -0.39 is 83.7 Å². The third-order valence-corrected chi connectivity index (χ3v) is 16.3. The van der Waals surface area contributed by atoms with Gasteiger partial charge in [-0.1, -0.05) is 64.2 Å². The number of carbonyl (C=O) groups excluding carboxylic acids is 5. The van der Waals surface area contributed by atoms with Crippen molar-refractivity contribution in [2.24, 2.45) is 41.4 Å². The molecule has 4 heterocycles. The minimum Gasteiger partial charge on any atom is -0.460 e. The van der Waals surface area contributed by atoms with Crippen LogP contribution in [-0.2, 0) is 47.7 Å². The van der Waals surface area contributed by atoms with Crippen LogP contribution in [0.1, 0.15) is 112 Å². The maximum atomic E-state index is 14.5. The number of allylic oxidation sites excluding steroid dienone is 6. The number of hydrogen-bond donors (Lipinski definition) is 2. The van der Waals surface area contributed by atoms with Gasteiger partial charge in [0, 0.05) is 69.6 Å². The van der Waals surface area contributed by atoms with E-state index in [1.54, 1.807) is 52.8 Å². The van der Waals surface area contributed by atoms with E-state index in [0.717, 1.165) is 24.8 Å². The Balaban J connectivity index is 1.51. The Labute approximate surface area is 391 Å². The molecule has 0 aromatic heterocycles. The molecule has 4 fully saturated rings. The van der Waals surface area contributed by atoms with E-state index in [2.05, 4.69) is 6.26 Å². The van der Waals surface area contributed by atoms with Crippen LogP contribution in [0.15, 0.2) is 47.6 Å². The number of rotatable bonds is 6. The maximum absolute atomic E-state index is 14.5. The molecule has 0 aromatic rings. The van der Waals surface area contributed by atoms with Gasteiger partial charge in [0.15, 0.2) is 5.78 Å². The van der Waals surface area contributed by atoms with Gasteiger partial charge in [0.2, 0.25) is 5.79 Å². The lowest BCUT2D eigenvalue weighted by atomic mass is 9.68. The summed E-state index contributed by atoms with van der Waals surface area (Å²) in [5, 5.41) is 23.9. The van der Waals surface area contributed by atoms with E-state index in [9.17, 15) is 34.2 Å². The predicted octanol–water partition coefficient (Wildman–Crippen LogP) is 6.77. The summed E-state index contributed by atoms with van der Waals surface area (Å²) in [5.41, 5.74) is 1.31. The number of aliphatic hydroxyl groups excluding tert-OH is 1. The molecule has 0 aromatic carbocycles. The highest BCUT2D eigenvalue weighted by molar-refractivity contribution is 7.99. The largest absolute Gasteiger partial charge is 0.460 e. The fourth-order valence-corrected chi connectivity index (χ4v) is 12.1. The molecule has 1 aliphatic carbocycles. The standard InChI is InChI=1S/C51H77NO12S/c1-29-15-12-11-13-16-30(2)40(60-7)27-36-20-18-34(6)51(59,64-36)48(56)49(57)52-22-14-17-37-38(25-35-19-21-43(65-10)42(26-35)61-8)41(63-50(58)44(37)52)28-39(53)31(3)24-33(5)46(55)47(62-9)45(54)32(4)23-29/h11-13,15-16,24,29,31-32,34-38,40-44,46-47,55,59H,14,17-23,25-28H2,1-10H3/b13-11+,15-12+,30-16+,33-24+/t29-,31?,32-,34-,35+,36+,37-,38?,40+,41+,42-,43?,44+,46-,47+,51-/m1/s1. The van der Waals surface area contributed by atoms with Gasteiger partial charge in [-0.2, -0.15) is 11.8 Å². The molecule has 5 rings (SSSR count). The second-order valence-corrected chi connectivity index (χ2v) is 20.8. The van der Waals surface area contributed by atoms with Crippen LogP contribution in [-0.4, -0.2) is 132 Å². The molecule has 0 radical (unpaired) electrons. The Hall–Kier alpha value is -2.98. The molecular formula is C51H77NO12S. The molecule has 65 heavy (non-hydrogen) atoms. The van der Waals surface area contributed by atoms with Crippen LogP contribution >= 0.6 is 11.8 Å². The summed E-state index contributed by atoms with van der Waals surface area (Å²) >= 11 is 1.79. The number of nitrogens with zero attached hydrogens (tertiary/aromatic N) is 1. The summed E-state index contributed by atoms with van der Waals surface area (Å²) in [6.07, 6.45) is 15.3. The monoisotopic (exact) mass is 928 g/mol. The van der Waals surface area contributed by atoms with Crippen LogP contribution in [0.25, 0.3) is 0 Å². The lowest BCUT2D eigenvalue weighted by molar-refractivity contribution is -0.266. The number of aliphatic hydroxyl groups is 2. The molecule has 364 valence electrons. The first-order valence-corrected chi connectivity index (χ1v) is 25.2. The number of ether oxygens (including phenoxy) is 5. The van der Waals surface area contributed by atoms with Crippen LogP contribution < -0.4 is 0 Å². The van der Waals surface area contributed by atoms with E-state index in [4.69, 9.17) is 23.7 Å². The molecule has 0 spiro atoms. The lowest BCUT2D eigenvalue weighted by Crippen LogP contribution is -2.65. The summed E-state index contributed by atoms with van der Waals surface area (Å²) in [4.78, 5) is 72.4. The van der Waals surface area contributed by atoms with Gasteiger partial charge in [-0.15, -0.1) is 0 Å². The van der Waals surface area contributed by atoms with Crippen molar-refractivity contribution in [3.05, 3.63) is 47.6 Å². The van der Waals surface area contributed by atoms with Crippen LogP contribution in [0, 0.1) is 41.4 Å². The molecule has 14 heteroatoms. The SMILES string of the molecule is CO[C@H]1C[C@@H]2CC[C@@H](C)[C@@](O)(O2)C(=O)C(=O)N2CCC[C@@H]3C(C[C@@H]4CCC(SC)[C@H](OC)C4)[C@H](CC(=O)C(C)/C=C(\C)[C@@H](O)[C@@H](OC)C(=O)[C@H](C)C[C@H](C)/C=C/C=C/C=C/1C)OC(=O)[C@H]32. The number of methoxy groups -OCH3 is 3. The molecule has 3 unspecified atom stereocenters. The van der Waals surface area contributed by atoms with Gasteiger partial charge in [-0.05, 0) is 107 Å². The second-order valence-electron chi connectivity index (χ2n) is 19.7. The zero-order valence-electron chi connectivity index (χ0n) is 40.4. The van der Waals surface area contributed by atoms with Crippen LogP contribution in [0.3, 0.4) is 0 Å². The molecule has 1 saturated carbocycles. The summed E-state index contributed by atoms with van der Waals surface area (Å²) in [6, 6.07) is -1.08. The summed E-state index contributed by atoms with van der Waals surface area (Å²) < 4.78 is 29.9.